The van der Waals surface area contributed by atoms with Crippen LogP contribution in [0, 0.1) is 0 Å². The van der Waals surface area contributed by atoms with E-state index in [2.05, 4.69) is 97.9 Å². The average Bonchev–Trinajstić information content (AvgIpc) is 2.89. The van der Waals surface area contributed by atoms with Crippen LogP contribution in [-0.4, -0.2) is 27.3 Å². The van der Waals surface area contributed by atoms with E-state index in [4.69, 9.17) is 9.47 Å². The molecule has 0 atom stereocenters. The normalized spacial score (nSPS) is 11.0. The van der Waals surface area contributed by atoms with E-state index in [1.807, 2.05) is 38.1 Å². The Hall–Kier alpha value is -3.98. The van der Waals surface area contributed by atoms with Gasteiger partial charge in [0.25, 0.3) is 0 Å². The van der Waals surface area contributed by atoms with E-state index in [9.17, 15) is 0 Å². The molecule has 0 heterocycles. The molecule has 0 fully saturated rings. The van der Waals surface area contributed by atoms with Gasteiger partial charge in [-0.1, -0.05) is 48.6 Å². The first-order chi connectivity index (χ1) is 17.1. The van der Waals surface area contributed by atoms with E-state index < -0.39 is 0 Å². The van der Waals surface area contributed by atoms with E-state index >= 15 is 0 Å². The van der Waals surface area contributed by atoms with Crippen molar-refractivity contribution >= 4 is 17.8 Å². The van der Waals surface area contributed by atoms with Crippen LogP contribution in [0.15, 0.2) is 91.0 Å². The molecule has 4 rings (SSSR count). The zero-order valence-electron chi connectivity index (χ0n) is 21.0. The van der Waals surface area contributed by atoms with Crippen LogP contribution in [0.5, 0.6) is 11.5 Å². The molecule has 0 saturated carbocycles. The molecule has 0 N–H and O–H groups in total. The Morgan fingerprint density at radius 3 is 1.43 bits per heavy atom. The number of hydrogen-bond acceptors (Lipinski definition) is 3. The van der Waals surface area contributed by atoms with Gasteiger partial charge in [-0.2, -0.15) is 0 Å². The average molecular weight is 464 g/mol. The summed E-state index contributed by atoms with van der Waals surface area (Å²) in [6.45, 7) is 5.33. The molecular weight excluding hydrogens is 430 g/mol. The van der Waals surface area contributed by atoms with Crippen LogP contribution >= 0.6 is 0 Å². The van der Waals surface area contributed by atoms with Crippen molar-refractivity contribution in [1.82, 2.24) is 0 Å². The molecular formula is C32H33NO2. The quantitative estimate of drug-likeness (QED) is 0.234. The zero-order chi connectivity index (χ0) is 24.6. The van der Waals surface area contributed by atoms with Crippen LogP contribution in [0.25, 0.3) is 34.4 Å². The van der Waals surface area contributed by atoms with Crippen LogP contribution in [0.4, 0.5) is 5.69 Å². The molecule has 0 aliphatic carbocycles. The standard InChI is InChI=1S/C32H33NO2/c1-5-34-31-17-11-26(12-18-31)28-21-25(8-7-24-9-15-30(16-10-24)33(3)4)22-29(23-28)27-13-19-32(20-14-27)35-6-2/h7-23H,5-6H2,1-4H3/b8-7+. The molecule has 35 heavy (non-hydrogen) atoms. The SMILES string of the molecule is CCOc1ccc(-c2cc(/C=C/c3ccc(N(C)C)cc3)cc(-c3ccc(OCC)cc3)c2)cc1. The Labute approximate surface area is 209 Å². The molecule has 3 heteroatoms. The number of nitrogens with zero attached hydrogens (tertiary/aromatic N) is 1. The maximum Gasteiger partial charge on any atom is 0.119 e. The molecule has 0 amide bonds. The highest BCUT2D eigenvalue weighted by Crippen LogP contribution is 2.31. The summed E-state index contributed by atoms with van der Waals surface area (Å²) in [5.41, 5.74) is 8.17. The van der Waals surface area contributed by atoms with Gasteiger partial charge in [0.15, 0.2) is 0 Å². The number of ether oxygens (including phenoxy) is 2. The number of rotatable bonds is 9. The van der Waals surface area contributed by atoms with Crippen LogP contribution in [0.2, 0.25) is 0 Å². The zero-order valence-corrected chi connectivity index (χ0v) is 21.0. The second-order valence-corrected chi connectivity index (χ2v) is 8.58. The minimum absolute atomic E-state index is 0.664. The van der Waals surface area contributed by atoms with E-state index in [0.717, 1.165) is 28.2 Å². The van der Waals surface area contributed by atoms with Gasteiger partial charge in [-0.25, -0.2) is 0 Å². The molecule has 0 unspecified atom stereocenters. The fourth-order valence-electron chi connectivity index (χ4n) is 3.98. The number of hydrogen-bond donors (Lipinski definition) is 0. The first-order valence-corrected chi connectivity index (χ1v) is 12.1. The van der Waals surface area contributed by atoms with Gasteiger partial charge in [0.1, 0.15) is 11.5 Å². The lowest BCUT2D eigenvalue weighted by molar-refractivity contribution is 0.340. The predicted octanol–water partition coefficient (Wildman–Crippen LogP) is 8.05. The van der Waals surface area contributed by atoms with E-state index in [1.54, 1.807) is 0 Å². The Balaban J connectivity index is 1.70. The molecule has 4 aromatic rings. The first-order valence-electron chi connectivity index (χ1n) is 12.1. The van der Waals surface area contributed by atoms with Crippen molar-refractivity contribution in [2.45, 2.75) is 13.8 Å². The fourth-order valence-corrected chi connectivity index (χ4v) is 3.98. The molecule has 0 aromatic heterocycles. The lowest BCUT2D eigenvalue weighted by atomic mass is 9.95. The third-order valence-corrected chi connectivity index (χ3v) is 5.83. The van der Waals surface area contributed by atoms with Crippen molar-refractivity contribution in [2.75, 3.05) is 32.2 Å². The third kappa shape index (κ3) is 6.33. The van der Waals surface area contributed by atoms with Crippen molar-refractivity contribution in [1.29, 1.82) is 0 Å². The van der Waals surface area contributed by atoms with Gasteiger partial charge in [-0.05, 0) is 102 Å². The van der Waals surface area contributed by atoms with Gasteiger partial charge < -0.3 is 14.4 Å². The molecule has 3 nitrogen and oxygen atoms in total. The summed E-state index contributed by atoms with van der Waals surface area (Å²) in [5, 5.41) is 0. The van der Waals surface area contributed by atoms with E-state index in [0.29, 0.717) is 13.2 Å². The van der Waals surface area contributed by atoms with Crippen molar-refractivity contribution in [3.05, 3.63) is 102 Å². The van der Waals surface area contributed by atoms with Crippen LogP contribution in [-0.2, 0) is 0 Å². The highest BCUT2D eigenvalue weighted by atomic mass is 16.5. The van der Waals surface area contributed by atoms with Crippen molar-refractivity contribution in [3.8, 4) is 33.8 Å². The lowest BCUT2D eigenvalue weighted by Crippen LogP contribution is -2.07. The minimum atomic E-state index is 0.664. The summed E-state index contributed by atoms with van der Waals surface area (Å²) in [5.74, 6) is 1.78. The predicted molar refractivity (Wildman–Crippen MR) is 149 cm³/mol. The lowest BCUT2D eigenvalue weighted by Gasteiger charge is -2.12. The molecule has 178 valence electrons. The number of anilines is 1. The van der Waals surface area contributed by atoms with Gasteiger partial charge in [-0.15, -0.1) is 0 Å². The topological polar surface area (TPSA) is 21.7 Å². The van der Waals surface area contributed by atoms with Gasteiger partial charge in [0, 0.05) is 19.8 Å². The Kier molecular flexibility index (Phi) is 7.89. The van der Waals surface area contributed by atoms with Crippen LogP contribution in [0.3, 0.4) is 0 Å². The van der Waals surface area contributed by atoms with E-state index in [1.165, 1.54) is 22.4 Å². The molecule has 0 aliphatic rings. The highest BCUT2D eigenvalue weighted by Gasteiger charge is 2.06. The fraction of sp³-hybridized carbons (Fsp3) is 0.188. The van der Waals surface area contributed by atoms with Crippen LogP contribution < -0.4 is 14.4 Å². The summed E-state index contributed by atoms with van der Waals surface area (Å²) in [6, 6.07) is 31.9. The molecule has 0 aliphatic heterocycles. The largest absolute Gasteiger partial charge is 0.494 e. The summed E-state index contributed by atoms with van der Waals surface area (Å²) >= 11 is 0. The monoisotopic (exact) mass is 463 g/mol. The van der Waals surface area contributed by atoms with E-state index in [-0.39, 0.29) is 0 Å². The smallest absolute Gasteiger partial charge is 0.119 e. The maximum absolute atomic E-state index is 5.63. The molecule has 0 spiro atoms. The van der Waals surface area contributed by atoms with Gasteiger partial charge in [0.05, 0.1) is 13.2 Å². The van der Waals surface area contributed by atoms with Crippen molar-refractivity contribution in [2.24, 2.45) is 0 Å². The molecule has 4 aromatic carbocycles. The summed E-state index contributed by atoms with van der Waals surface area (Å²) in [7, 11) is 4.11. The first kappa shape index (κ1) is 24.2. The van der Waals surface area contributed by atoms with Gasteiger partial charge >= 0.3 is 0 Å². The highest BCUT2D eigenvalue weighted by molar-refractivity contribution is 5.80. The molecule has 0 bridgehead atoms. The Morgan fingerprint density at radius 2 is 1.00 bits per heavy atom. The summed E-state index contributed by atoms with van der Waals surface area (Å²) in [4.78, 5) is 2.11. The molecule has 0 radical (unpaired) electrons. The van der Waals surface area contributed by atoms with Crippen LogP contribution in [0.1, 0.15) is 25.0 Å². The van der Waals surface area contributed by atoms with Crippen molar-refractivity contribution < 1.29 is 9.47 Å². The van der Waals surface area contributed by atoms with Gasteiger partial charge in [0.2, 0.25) is 0 Å². The summed E-state index contributed by atoms with van der Waals surface area (Å²) in [6.07, 6.45) is 4.35. The third-order valence-electron chi connectivity index (χ3n) is 5.83. The second-order valence-electron chi connectivity index (χ2n) is 8.58. The second kappa shape index (κ2) is 11.4. The minimum Gasteiger partial charge on any atom is -0.494 e. The summed E-state index contributed by atoms with van der Waals surface area (Å²) < 4.78 is 11.3. The Morgan fingerprint density at radius 1 is 0.543 bits per heavy atom. The van der Waals surface area contributed by atoms with Crippen molar-refractivity contribution in [3.63, 3.8) is 0 Å². The molecule has 0 saturated heterocycles. The maximum atomic E-state index is 5.63. The number of benzene rings is 4. The van der Waals surface area contributed by atoms with Gasteiger partial charge in [-0.3, -0.25) is 0 Å². The Bertz CT molecular complexity index is 1190.